The van der Waals surface area contributed by atoms with Crippen LogP contribution in [0.3, 0.4) is 0 Å². The molecule has 7 nitrogen and oxygen atoms in total. The molecule has 0 fully saturated rings. The fraction of sp³-hybridized carbons (Fsp3) is 0.316. The van der Waals surface area contributed by atoms with Crippen molar-refractivity contribution in [1.29, 1.82) is 0 Å². The number of anilines is 1. The average Bonchev–Trinajstić information content (AvgIpc) is 3.26. The van der Waals surface area contributed by atoms with Crippen LogP contribution < -0.4 is 14.8 Å². The molecule has 3 aliphatic rings. The predicted octanol–water partition coefficient (Wildman–Crippen LogP) is 3.29. The summed E-state index contributed by atoms with van der Waals surface area (Å²) < 4.78 is 10.7. The molecule has 0 saturated heterocycles. The molecule has 26 heavy (non-hydrogen) atoms. The molecule has 0 unspecified atom stereocenters. The lowest BCUT2D eigenvalue weighted by Crippen LogP contribution is -2.24. The Morgan fingerprint density at radius 2 is 1.77 bits per heavy atom. The van der Waals surface area contributed by atoms with Gasteiger partial charge in [0.05, 0.1) is 11.0 Å². The molecule has 5 rings (SSSR count). The summed E-state index contributed by atoms with van der Waals surface area (Å²) >= 11 is 0. The van der Waals surface area contributed by atoms with E-state index in [0.29, 0.717) is 17.1 Å². The zero-order valence-corrected chi connectivity index (χ0v) is 13.9. The minimum Gasteiger partial charge on any atom is -0.454 e. The molecule has 1 aliphatic carbocycles. The number of hydrogen-bond acceptors (Lipinski definition) is 5. The van der Waals surface area contributed by atoms with Gasteiger partial charge >= 0.3 is 0 Å². The van der Waals surface area contributed by atoms with Crippen molar-refractivity contribution in [2.75, 3.05) is 12.1 Å². The molecule has 1 amide bonds. The number of hydrogen-bond donors (Lipinski definition) is 1. The van der Waals surface area contributed by atoms with E-state index in [1.807, 2.05) is 6.07 Å². The Morgan fingerprint density at radius 3 is 2.54 bits per heavy atom. The highest BCUT2D eigenvalue weighted by Gasteiger charge is 2.34. The minimum atomic E-state index is -0.420. The summed E-state index contributed by atoms with van der Waals surface area (Å²) in [7, 11) is 0. The number of amides is 1. The van der Waals surface area contributed by atoms with Gasteiger partial charge in [0.1, 0.15) is 0 Å². The number of carbonyl (C=O) groups excluding carboxylic acids is 1. The first-order chi connectivity index (χ1) is 12.6. The van der Waals surface area contributed by atoms with Gasteiger partial charge in [-0.05, 0) is 48.1 Å². The molecule has 1 N–H and O–H groups in total. The largest absolute Gasteiger partial charge is 0.454 e. The Balaban J connectivity index is 1.70. The van der Waals surface area contributed by atoms with Gasteiger partial charge in [-0.25, -0.2) is 0 Å². The highest BCUT2D eigenvalue weighted by atomic mass is 16.7. The van der Waals surface area contributed by atoms with Crippen molar-refractivity contribution in [3.63, 3.8) is 0 Å². The van der Waals surface area contributed by atoms with Gasteiger partial charge in [-0.15, -0.1) is 0 Å². The Bertz CT molecular complexity index is 969. The summed E-state index contributed by atoms with van der Waals surface area (Å²) in [5, 5.41) is 14.6. The maximum atomic E-state index is 12.3. The van der Waals surface area contributed by atoms with Gasteiger partial charge in [0.25, 0.3) is 5.69 Å². The van der Waals surface area contributed by atoms with Crippen molar-refractivity contribution in [3.05, 3.63) is 56.6 Å². The molecule has 1 atom stereocenters. The Morgan fingerprint density at radius 1 is 1.04 bits per heavy atom. The van der Waals surface area contributed by atoms with Crippen LogP contribution in [0.25, 0.3) is 0 Å². The Hall–Kier alpha value is -3.09. The van der Waals surface area contributed by atoms with Crippen LogP contribution in [0.4, 0.5) is 11.4 Å². The van der Waals surface area contributed by atoms with Crippen molar-refractivity contribution < 1.29 is 19.2 Å². The summed E-state index contributed by atoms with van der Waals surface area (Å²) in [6.07, 6.45) is 3.28. The van der Waals surface area contributed by atoms with Crippen LogP contribution in [0.15, 0.2) is 24.3 Å². The number of ether oxygens (including phenoxy) is 2. The topological polar surface area (TPSA) is 90.7 Å². The lowest BCUT2D eigenvalue weighted by atomic mass is 9.82. The lowest BCUT2D eigenvalue weighted by Gasteiger charge is -2.27. The van der Waals surface area contributed by atoms with E-state index in [0.717, 1.165) is 30.5 Å². The third-order valence-corrected chi connectivity index (χ3v) is 5.40. The minimum absolute atomic E-state index is 0.0413. The highest BCUT2D eigenvalue weighted by molar-refractivity contribution is 5.96. The van der Waals surface area contributed by atoms with E-state index in [-0.39, 0.29) is 30.7 Å². The van der Waals surface area contributed by atoms with E-state index in [4.69, 9.17) is 9.47 Å². The quantitative estimate of drug-likeness (QED) is 0.661. The summed E-state index contributed by atoms with van der Waals surface area (Å²) in [5.74, 6) is 0.348. The molecule has 7 heteroatoms. The monoisotopic (exact) mass is 352 g/mol. The Kier molecular flexibility index (Phi) is 3.19. The Labute approximate surface area is 149 Å². The van der Waals surface area contributed by atoms with Crippen LogP contribution in [0, 0.1) is 10.1 Å². The summed E-state index contributed by atoms with van der Waals surface area (Å²) in [6, 6.07) is 7.19. The number of nitrogens with zero attached hydrogens (tertiary/aromatic N) is 1. The molecule has 2 aromatic carbocycles. The summed E-state index contributed by atoms with van der Waals surface area (Å²) in [5.41, 5.74) is 4.68. The number of rotatable bonds is 2. The predicted molar refractivity (Wildman–Crippen MR) is 92.8 cm³/mol. The van der Waals surface area contributed by atoms with Gasteiger partial charge in [-0.2, -0.15) is 0 Å². The lowest BCUT2D eigenvalue weighted by molar-refractivity contribution is -0.385. The third-order valence-electron chi connectivity index (χ3n) is 5.40. The number of nitro benzene ring substituents is 1. The molecule has 2 aliphatic heterocycles. The number of nitro groups is 1. The fourth-order valence-electron chi connectivity index (χ4n) is 4.20. The third kappa shape index (κ3) is 2.23. The van der Waals surface area contributed by atoms with Gasteiger partial charge in [0, 0.05) is 23.6 Å². The van der Waals surface area contributed by atoms with Crippen molar-refractivity contribution in [2.24, 2.45) is 0 Å². The first kappa shape index (κ1) is 15.2. The molecule has 0 spiro atoms. The van der Waals surface area contributed by atoms with Crippen molar-refractivity contribution >= 4 is 17.3 Å². The molecule has 2 aromatic rings. The molecule has 0 bridgehead atoms. The first-order valence-electron chi connectivity index (χ1n) is 8.63. The van der Waals surface area contributed by atoms with Crippen molar-refractivity contribution in [3.8, 4) is 11.5 Å². The maximum absolute atomic E-state index is 12.3. The van der Waals surface area contributed by atoms with E-state index in [1.54, 1.807) is 6.07 Å². The fourth-order valence-corrected chi connectivity index (χ4v) is 4.20. The average molecular weight is 352 g/mol. The zero-order valence-electron chi connectivity index (χ0n) is 13.9. The van der Waals surface area contributed by atoms with E-state index < -0.39 is 4.92 Å². The molecule has 2 heterocycles. The van der Waals surface area contributed by atoms with E-state index in [1.165, 1.54) is 17.2 Å². The number of carbonyl (C=O) groups is 1. The molecular formula is C19H16N2O5. The van der Waals surface area contributed by atoms with Crippen LogP contribution in [0.1, 0.15) is 41.0 Å². The van der Waals surface area contributed by atoms with Crippen LogP contribution >= 0.6 is 0 Å². The SMILES string of the molecule is O=C1C[C@@H](c2cc3c(cc2[N+](=O)[O-])OCO3)c2cc3c(cc2N1)CCC3. The second kappa shape index (κ2) is 5.45. The number of fused-ring (bicyclic) bond motifs is 3. The van der Waals surface area contributed by atoms with Crippen LogP contribution in [-0.2, 0) is 17.6 Å². The maximum Gasteiger partial charge on any atom is 0.277 e. The van der Waals surface area contributed by atoms with Crippen LogP contribution in [0.5, 0.6) is 11.5 Å². The smallest absolute Gasteiger partial charge is 0.277 e. The summed E-state index contributed by atoms with van der Waals surface area (Å²) in [6.45, 7) is 0.0468. The normalized spacial score (nSPS) is 19.7. The molecule has 0 aromatic heterocycles. The number of nitrogens with one attached hydrogen (secondary N) is 1. The van der Waals surface area contributed by atoms with Crippen LogP contribution in [-0.4, -0.2) is 17.6 Å². The zero-order chi connectivity index (χ0) is 17.8. The van der Waals surface area contributed by atoms with Crippen LogP contribution in [0.2, 0.25) is 0 Å². The van der Waals surface area contributed by atoms with E-state index in [2.05, 4.69) is 11.4 Å². The highest BCUT2D eigenvalue weighted by Crippen LogP contribution is 2.47. The van der Waals surface area contributed by atoms with Crippen molar-refractivity contribution in [1.82, 2.24) is 0 Å². The van der Waals surface area contributed by atoms with Gasteiger partial charge in [-0.3, -0.25) is 14.9 Å². The molecule has 0 radical (unpaired) electrons. The standard InChI is InChI=1S/C19H16N2O5/c22-19-7-12(13-4-10-2-1-3-11(10)5-15(13)20-19)14-6-17-18(26-9-25-17)8-16(14)21(23)24/h4-6,8,12H,1-3,7,9H2,(H,20,22)/t12-/m1/s1. The van der Waals surface area contributed by atoms with Gasteiger partial charge in [0.15, 0.2) is 11.5 Å². The second-order valence-electron chi connectivity index (χ2n) is 6.89. The first-order valence-corrected chi connectivity index (χ1v) is 8.63. The molecule has 132 valence electrons. The van der Waals surface area contributed by atoms with E-state index in [9.17, 15) is 14.9 Å². The molecule has 0 saturated carbocycles. The van der Waals surface area contributed by atoms with Gasteiger partial charge < -0.3 is 14.8 Å². The van der Waals surface area contributed by atoms with Gasteiger partial charge in [0.2, 0.25) is 12.7 Å². The van der Waals surface area contributed by atoms with Crippen molar-refractivity contribution in [2.45, 2.75) is 31.6 Å². The summed E-state index contributed by atoms with van der Waals surface area (Å²) in [4.78, 5) is 23.5. The van der Waals surface area contributed by atoms with Gasteiger partial charge in [-0.1, -0.05) is 6.07 Å². The second-order valence-corrected chi connectivity index (χ2v) is 6.89. The number of aryl methyl sites for hydroxylation is 2. The number of benzene rings is 2. The molecular weight excluding hydrogens is 336 g/mol. The van der Waals surface area contributed by atoms with E-state index >= 15 is 0 Å².